The molecule has 1 aliphatic heterocycles. The normalized spacial score (nSPS) is 17.2. The maximum absolute atomic E-state index is 13.9. The number of hydrogen-bond acceptors (Lipinski definition) is 3. The summed E-state index contributed by atoms with van der Waals surface area (Å²) in [6, 6.07) is 2.49. The third-order valence-corrected chi connectivity index (χ3v) is 3.36. The standard InChI is InChI=1S/C14H18F2N2O/c1-10-3-4-11(15)13(14(10)16)12(19)9-18-7-2-5-17-6-8-18/h3-4,17H,2,5-9H2,1H3. The summed E-state index contributed by atoms with van der Waals surface area (Å²) in [4.78, 5) is 14.0. The zero-order chi connectivity index (χ0) is 13.8. The van der Waals surface area contributed by atoms with E-state index in [1.807, 2.05) is 4.90 Å². The Hall–Kier alpha value is -1.33. The Morgan fingerprint density at radius 1 is 1.32 bits per heavy atom. The van der Waals surface area contributed by atoms with Crippen molar-refractivity contribution >= 4 is 5.78 Å². The van der Waals surface area contributed by atoms with Crippen LogP contribution in [0.2, 0.25) is 0 Å². The summed E-state index contributed by atoms with van der Waals surface area (Å²) in [7, 11) is 0. The number of rotatable bonds is 3. The van der Waals surface area contributed by atoms with Gasteiger partial charge >= 0.3 is 0 Å². The van der Waals surface area contributed by atoms with Crippen LogP contribution in [0.4, 0.5) is 8.78 Å². The van der Waals surface area contributed by atoms with Gasteiger partial charge in [-0.1, -0.05) is 6.07 Å². The molecule has 1 aromatic carbocycles. The summed E-state index contributed by atoms with van der Waals surface area (Å²) < 4.78 is 27.5. The van der Waals surface area contributed by atoms with Gasteiger partial charge in [0.1, 0.15) is 11.6 Å². The average Bonchev–Trinajstić information content (AvgIpc) is 2.63. The van der Waals surface area contributed by atoms with Crippen LogP contribution in [-0.4, -0.2) is 43.4 Å². The van der Waals surface area contributed by atoms with Gasteiger partial charge in [-0.3, -0.25) is 9.69 Å². The lowest BCUT2D eigenvalue weighted by Gasteiger charge is -2.18. The molecule has 1 aromatic rings. The Morgan fingerprint density at radius 2 is 2.11 bits per heavy atom. The van der Waals surface area contributed by atoms with E-state index in [1.54, 1.807) is 0 Å². The molecule has 19 heavy (non-hydrogen) atoms. The topological polar surface area (TPSA) is 32.3 Å². The SMILES string of the molecule is Cc1ccc(F)c(C(=O)CN2CCCNCC2)c1F. The van der Waals surface area contributed by atoms with E-state index in [9.17, 15) is 13.6 Å². The lowest BCUT2D eigenvalue weighted by molar-refractivity contribution is 0.0926. The van der Waals surface area contributed by atoms with Crippen molar-refractivity contribution in [1.82, 2.24) is 10.2 Å². The number of hydrogen-bond donors (Lipinski definition) is 1. The van der Waals surface area contributed by atoms with Gasteiger partial charge in [-0.15, -0.1) is 0 Å². The highest BCUT2D eigenvalue weighted by Crippen LogP contribution is 2.17. The molecule has 104 valence electrons. The first kappa shape index (κ1) is 14.1. The van der Waals surface area contributed by atoms with Gasteiger partial charge in [-0.05, 0) is 38.1 Å². The number of halogens is 2. The van der Waals surface area contributed by atoms with Crippen LogP contribution in [0.3, 0.4) is 0 Å². The van der Waals surface area contributed by atoms with Crippen LogP contribution < -0.4 is 5.32 Å². The van der Waals surface area contributed by atoms with E-state index < -0.39 is 23.0 Å². The van der Waals surface area contributed by atoms with E-state index >= 15 is 0 Å². The predicted molar refractivity (Wildman–Crippen MR) is 69.4 cm³/mol. The Morgan fingerprint density at radius 3 is 2.89 bits per heavy atom. The van der Waals surface area contributed by atoms with Crippen LogP contribution >= 0.6 is 0 Å². The lowest BCUT2D eigenvalue weighted by Crippen LogP contribution is -2.33. The molecule has 1 N–H and O–H groups in total. The van der Waals surface area contributed by atoms with E-state index in [1.165, 1.54) is 13.0 Å². The van der Waals surface area contributed by atoms with Gasteiger partial charge in [0, 0.05) is 13.1 Å². The number of aryl methyl sites for hydroxylation is 1. The molecule has 0 aliphatic carbocycles. The number of nitrogens with zero attached hydrogens (tertiary/aromatic N) is 1. The van der Waals surface area contributed by atoms with Gasteiger partial charge < -0.3 is 5.32 Å². The van der Waals surface area contributed by atoms with Crippen LogP contribution in [0.15, 0.2) is 12.1 Å². The number of benzene rings is 1. The highest BCUT2D eigenvalue weighted by atomic mass is 19.1. The minimum atomic E-state index is -0.777. The number of Topliss-reactive ketones (excluding diaryl/α,β-unsaturated/α-hetero) is 1. The van der Waals surface area contributed by atoms with Crippen LogP contribution in [0.5, 0.6) is 0 Å². The molecule has 1 aliphatic rings. The molecular weight excluding hydrogens is 250 g/mol. The van der Waals surface area contributed by atoms with Crippen LogP contribution in [0, 0.1) is 18.6 Å². The van der Waals surface area contributed by atoms with E-state index in [0.29, 0.717) is 5.56 Å². The second-order valence-corrected chi connectivity index (χ2v) is 4.86. The molecule has 1 fully saturated rings. The zero-order valence-electron chi connectivity index (χ0n) is 11.0. The third kappa shape index (κ3) is 3.36. The van der Waals surface area contributed by atoms with Gasteiger partial charge in [0.25, 0.3) is 0 Å². The van der Waals surface area contributed by atoms with Crippen molar-refractivity contribution in [2.45, 2.75) is 13.3 Å². The van der Waals surface area contributed by atoms with Crippen molar-refractivity contribution in [3.05, 3.63) is 34.9 Å². The molecule has 1 saturated heterocycles. The average molecular weight is 268 g/mol. The molecule has 0 unspecified atom stereocenters. The van der Waals surface area contributed by atoms with Crippen molar-refractivity contribution in [2.24, 2.45) is 0 Å². The maximum atomic E-state index is 13.9. The molecule has 0 amide bonds. The van der Waals surface area contributed by atoms with Crippen molar-refractivity contribution < 1.29 is 13.6 Å². The van der Waals surface area contributed by atoms with Crippen LogP contribution in [-0.2, 0) is 0 Å². The lowest BCUT2D eigenvalue weighted by atomic mass is 10.1. The second kappa shape index (κ2) is 6.21. The van der Waals surface area contributed by atoms with Gasteiger partial charge in [0.05, 0.1) is 12.1 Å². The van der Waals surface area contributed by atoms with E-state index in [2.05, 4.69) is 5.32 Å². The first-order valence-electron chi connectivity index (χ1n) is 6.50. The molecule has 0 saturated carbocycles. The van der Waals surface area contributed by atoms with E-state index in [-0.39, 0.29) is 6.54 Å². The molecule has 3 nitrogen and oxygen atoms in total. The maximum Gasteiger partial charge on any atom is 0.182 e. The van der Waals surface area contributed by atoms with E-state index in [4.69, 9.17) is 0 Å². The Kier molecular flexibility index (Phi) is 4.61. The fourth-order valence-electron chi connectivity index (χ4n) is 2.25. The zero-order valence-corrected chi connectivity index (χ0v) is 11.0. The van der Waals surface area contributed by atoms with Crippen molar-refractivity contribution in [3.8, 4) is 0 Å². The second-order valence-electron chi connectivity index (χ2n) is 4.86. The number of carbonyl (C=O) groups excluding carboxylic acids is 1. The van der Waals surface area contributed by atoms with Gasteiger partial charge in [0.15, 0.2) is 5.78 Å². The fraction of sp³-hybridized carbons (Fsp3) is 0.500. The minimum Gasteiger partial charge on any atom is -0.315 e. The Bertz CT molecular complexity index is 469. The molecule has 5 heteroatoms. The van der Waals surface area contributed by atoms with Gasteiger partial charge in [-0.2, -0.15) is 0 Å². The first-order valence-corrected chi connectivity index (χ1v) is 6.50. The van der Waals surface area contributed by atoms with Crippen LogP contribution in [0.1, 0.15) is 22.3 Å². The van der Waals surface area contributed by atoms with Crippen LogP contribution in [0.25, 0.3) is 0 Å². The largest absolute Gasteiger partial charge is 0.315 e. The van der Waals surface area contributed by atoms with Gasteiger partial charge in [-0.25, -0.2) is 8.78 Å². The molecule has 0 radical (unpaired) electrons. The molecule has 0 bridgehead atoms. The smallest absolute Gasteiger partial charge is 0.182 e. The van der Waals surface area contributed by atoms with E-state index in [0.717, 1.165) is 38.7 Å². The summed E-state index contributed by atoms with van der Waals surface area (Å²) in [5.74, 6) is -2.00. The molecule has 2 rings (SSSR count). The number of carbonyl (C=O) groups is 1. The Balaban J connectivity index is 2.13. The molecule has 0 atom stereocenters. The summed E-state index contributed by atoms with van der Waals surface area (Å²) >= 11 is 0. The van der Waals surface area contributed by atoms with Crippen molar-refractivity contribution in [1.29, 1.82) is 0 Å². The van der Waals surface area contributed by atoms with Gasteiger partial charge in [0.2, 0.25) is 0 Å². The summed E-state index contributed by atoms with van der Waals surface area (Å²) in [5, 5.41) is 3.22. The number of nitrogens with one attached hydrogen (secondary N) is 1. The first-order chi connectivity index (χ1) is 9.09. The molecule has 0 aromatic heterocycles. The Labute approximate surface area is 111 Å². The predicted octanol–water partition coefficient (Wildman–Crippen LogP) is 1.75. The fourth-order valence-corrected chi connectivity index (χ4v) is 2.25. The quantitative estimate of drug-likeness (QED) is 0.848. The molecular formula is C14H18F2N2O. The highest BCUT2D eigenvalue weighted by molar-refractivity contribution is 5.98. The number of ketones is 1. The third-order valence-electron chi connectivity index (χ3n) is 3.36. The molecule has 1 heterocycles. The highest BCUT2D eigenvalue weighted by Gasteiger charge is 2.21. The summed E-state index contributed by atoms with van der Waals surface area (Å²) in [6.45, 7) is 4.80. The van der Waals surface area contributed by atoms with Crippen molar-refractivity contribution in [2.75, 3.05) is 32.7 Å². The summed E-state index contributed by atoms with van der Waals surface area (Å²) in [5.41, 5.74) is -0.112. The summed E-state index contributed by atoms with van der Waals surface area (Å²) in [6.07, 6.45) is 0.937. The molecule has 0 spiro atoms. The minimum absolute atomic E-state index is 0.0684. The monoisotopic (exact) mass is 268 g/mol. The van der Waals surface area contributed by atoms with Crippen molar-refractivity contribution in [3.63, 3.8) is 0 Å².